The van der Waals surface area contributed by atoms with E-state index in [4.69, 9.17) is 15.2 Å². The van der Waals surface area contributed by atoms with Crippen LogP contribution in [0.15, 0.2) is 18.2 Å². The number of carbonyl (C=O) groups is 1. The molecular formula is C15H24N2O3. The molecular weight excluding hydrogens is 256 g/mol. The van der Waals surface area contributed by atoms with Gasteiger partial charge in [-0.1, -0.05) is 6.07 Å². The third-order valence-corrected chi connectivity index (χ3v) is 3.06. The molecule has 0 saturated heterocycles. The van der Waals surface area contributed by atoms with Crippen LogP contribution in [0.4, 0.5) is 0 Å². The summed E-state index contributed by atoms with van der Waals surface area (Å²) in [5.41, 5.74) is 6.57. The lowest BCUT2D eigenvalue weighted by atomic mass is 10.2. The van der Waals surface area contributed by atoms with Crippen molar-refractivity contribution in [2.75, 3.05) is 20.3 Å². The van der Waals surface area contributed by atoms with Crippen molar-refractivity contribution in [2.45, 2.75) is 33.4 Å². The highest BCUT2D eigenvalue weighted by Gasteiger charge is 2.14. The van der Waals surface area contributed by atoms with E-state index in [2.05, 4.69) is 0 Å². The predicted octanol–water partition coefficient (Wildman–Crippen LogP) is 1.79. The van der Waals surface area contributed by atoms with Crippen molar-refractivity contribution in [3.05, 3.63) is 23.8 Å². The Kier molecular flexibility index (Phi) is 6.31. The van der Waals surface area contributed by atoms with Crippen LogP contribution in [0.1, 0.15) is 26.3 Å². The molecule has 0 aliphatic heterocycles. The van der Waals surface area contributed by atoms with E-state index in [9.17, 15) is 4.79 Å². The fourth-order valence-electron chi connectivity index (χ4n) is 1.60. The summed E-state index contributed by atoms with van der Waals surface area (Å²) in [7, 11) is 1.76. The van der Waals surface area contributed by atoms with E-state index in [0.717, 1.165) is 5.56 Å². The number of hydrogen-bond acceptors (Lipinski definition) is 4. The molecule has 0 unspecified atom stereocenters. The zero-order chi connectivity index (χ0) is 15.1. The lowest BCUT2D eigenvalue weighted by Gasteiger charge is -2.21. The van der Waals surface area contributed by atoms with E-state index in [1.165, 1.54) is 0 Å². The first kappa shape index (κ1) is 16.3. The fourth-order valence-corrected chi connectivity index (χ4v) is 1.60. The van der Waals surface area contributed by atoms with Gasteiger partial charge in [0.05, 0.1) is 6.61 Å². The van der Waals surface area contributed by atoms with E-state index >= 15 is 0 Å². The van der Waals surface area contributed by atoms with Crippen molar-refractivity contribution in [1.29, 1.82) is 0 Å². The number of carbonyl (C=O) groups excluding carboxylic acids is 1. The fraction of sp³-hybridized carbons (Fsp3) is 0.533. The molecule has 1 rings (SSSR count). The molecule has 0 atom stereocenters. The molecule has 20 heavy (non-hydrogen) atoms. The Morgan fingerprint density at radius 3 is 2.55 bits per heavy atom. The number of ether oxygens (including phenoxy) is 2. The van der Waals surface area contributed by atoms with Crippen LogP contribution in [0.3, 0.4) is 0 Å². The van der Waals surface area contributed by atoms with Gasteiger partial charge >= 0.3 is 0 Å². The average molecular weight is 280 g/mol. The van der Waals surface area contributed by atoms with Crippen LogP contribution in [0, 0.1) is 0 Å². The summed E-state index contributed by atoms with van der Waals surface area (Å²) in [6, 6.07) is 5.65. The van der Waals surface area contributed by atoms with Gasteiger partial charge in [-0.3, -0.25) is 4.79 Å². The number of rotatable bonds is 7. The Hall–Kier alpha value is -1.75. The highest BCUT2D eigenvalue weighted by atomic mass is 16.5. The van der Waals surface area contributed by atoms with Crippen LogP contribution >= 0.6 is 0 Å². The number of nitrogens with zero attached hydrogens (tertiary/aromatic N) is 1. The zero-order valence-corrected chi connectivity index (χ0v) is 12.7. The molecule has 0 spiro atoms. The van der Waals surface area contributed by atoms with E-state index in [-0.39, 0.29) is 18.6 Å². The Labute approximate surface area is 120 Å². The third kappa shape index (κ3) is 4.42. The summed E-state index contributed by atoms with van der Waals surface area (Å²) in [4.78, 5) is 13.5. The van der Waals surface area contributed by atoms with Crippen molar-refractivity contribution in [2.24, 2.45) is 5.73 Å². The van der Waals surface area contributed by atoms with E-state index < -0.39 is 0 Å². The molecule has 0 fully saturated rings. The normalized spacial score (nSPS) is 10.5. The zero-order valence-electron chi connectivity index (χ0n) is 12.7. The van der Waals surface area contributed by atoms with Crippen molar-refractivity contribution in [1.82, 2.24) is 4.90 Å². The van der Waals surface area contributed by atoms with Gasteiger partial charge in [0, 0.05) is 19.6 Å². The van der Waals surface area contributed by atoms with Crippen LogP contribution < -0.4 is 15.2 Å². The topological polar surface area (TPSA) is 64.8 Å². The maximum atomic E-state index is 11.9. The summed E-state index contributed by atoms with van der Waals surface area (Å²) in [5, 5.41) is 0. The standard InChI is InChI=1S/C15H24N2O3/c1-5-19-14-8-12(9-16)6-7-13(14)20-10-15(18)17(4)11(2)3/h6-8,11H,5,9-10,16H2,1-4H3. The van der Waals surface area contributed by atoms with Gasteiger partial charge in [-0.15, -0.1) is 0 Å². The predicted molar refractivity (Wildman–Crippen MR) is 78.9 cm³/mol. The minimum atomic E-state index is -0.0645. The van der Waals surface area contributed by atoms with Crippen LogP contribution in [-0.4, -0.2) is 37.1 Å². The lowest BCUT2D eigenvalue weighted by Crippen LogP contribution is -2.36. The van der Waals surface area contributed by atoms with Crippen molar-refractivity contribution < 1.29 is 14.3 Å². The molecule has 0 saturated carbocycles. The van der Waals surface area contributed by atoms with E-state index in [0.29, 0.717) is 24.7 Å². The van der Waals surface area contributed by atoms with E-state index in [1.54, 1.807) is 18.0 Å². The maximum absolute atomic E-state index is 11.9. The number of likely N-dealkylation sites (N-methyl/N-ethyl adjacent to an activating group) is 1. The molecule has 0 bridgehead atoms. The molecule has 0 heterocycles. The number of benzene rings is 1. The minimum absolute atomic E-state index is 0.00325. The van der Waals surface area contributed by atoms with Gasteiger partial charge in [-0.05, 0) is 38.5 Å². The largest absolute Gasteiger partial charge is 0.490 e. The second kappa shape index (κ2) is 7.75. The van der Waals surface area contributed by atoms with Gasteiger partial charge in [-0.25, -0.2) is 0 Å². The average Bonchev–Trinajstić information content (AvgIpc) is 2.44. The Morgan fingerprint density at radius 1 is 1.30 bits per heavy atom. The Morgan fingerprint density at radius 2 is 2.00 bits per heavy atom. The first-order chi connectivity index (χ1) is 9.49. The minimum Gasteiger partial charge on any atom is -0.490 e. The van der Waals surface area contributed by atoms with Crippen LogP contribution in [-0.2, 0) is 11.3 Å². The molecule has 0 aliphatic carbocycles. The van der Waals surface area contributed by atoms with Gasteiger partial charge in [-0.2, -0.15) is 0 Å². The number of nitrogens with two attached hydrogens (primary N) is 1. The lowest BCUT2D eigenvalue weighted by molar-refractivity contribution is -0.133. The second-order valence-corrected chi connectivity index (χ2v) is 4.81. The highest BCUT2D eigenvalue weighted by molar-refractivity contribution is 5.77. The Balaban J connectivity index is 2.74. The molecule has 0 radical (unpaired) electrons. The second-order valence-electron chi connectivity index (χ2n) is 4.81. The van der Waals surface area contributed by atoms with Crippen LogP contribution in [0.5, 0.6) is 11.5 Å². The number of hydrogen-bond donors (Lipinski definition) is 1. The molecule has 0 aromatic heterocycles. The molecule has 1 amide bonds. The molecule has 2 N–H and O–H groups in total. The van der Waals surface area contributed by atoms with Crippen molar-refractivity contribution >= 4 is 5.91 Å². The first-order valence-corrected chi connectivity index (χ1v) is 6.83. The quantitative estimate of drug-likeness (QED) is 0.827. The molecule has 0 aliphatic rings. The van der Waals surface area contributed by atoms with Gasteiger partial charge < -0.3 is 20.1 Å². The third-order valence-electron chi connectivity index (χ3n) is 3.06. The van der Waals surface area contributed by atoms with Crippen molar-refractivity contribution in [3.8, 4) is 11.5 Å². The monoisotopic (exact) mass is 280 g/mol. The maximum Gasteiger partial charge on any atom is 0.260 e. The molecule has 5 heteroatoms. The smallest absolute Gasteiger partial charge is 0.260 e. The summed E-state index contributed by atoms with van der Waals surface area (Å²) < 4.78 is 11.1. The summed E-state index contributed by atoms with van der Waals surface area (Å²) in [5.74, 6) is 1.12. The summed E-state index contributed by atoms with van der Waals surface area (Å²) in [6.07, 6.45) is 0. The Bertz CT molecular complexity index is 447. The van der Waals surface area contributed by atoms with Gasteiger partial charge in [0.25, 0.3) is 5.91 Å². The molecule has 1 aromatic rings. The molecule has 112 valence electrons. The SMILES string of the molecule is CCOc1cc(CN)ccc1OCC(=O)N(C)C(C)C. The van der Waals surface area contributed by atoms with E-state index in [1.807, 2.05) is 32.9 Å². The van der Waals surface area contributed by atoms with Crippen LogP contribution in [0.2, 0.25) is 0 Å². The van der Waals surface area contributed by atoms with Crippen molar-refractivity contribution in [3.63, 3.8) is 0 Å². The van der Waals surface area contributed by atoms with Gasteiger partial charge in [0.15, 0.2) is 18.1 Å². The highest BCUT2D eigenvalue weighted by Crippen LogP contribution is 2.28. The van der Waals surface area contributed by atoms with Crippen LogP contribution in [0.25, 0.3) is 0 Å². The van der Waals surface area contributed by atoms with Gasteiger partial charge in [0.1, 0.15) is 0 Å². The van der Waals surface area contributed by atoms with Gasteiger partial charge in [0.2, 0.25) is 0 Å². The summed E-state index contributed by atoms with van der Waals surface area (Å²) >= 11 is 0. The summed E-state index contributed by atoms with van der Waals surface area (Å²) in [6.45, 7) is 6.78. The first-order valence-electron chi connectivity index (χ1n) is 6.83. The number of amides is 1. The molecule has 1 aromatic carbocycles. The molecule has 5 nitrogen and oxygen atoms in total.